The molecular weight excluding hydrogens is 208 g/mol. The van der Waals surface area contributed by atoms with E-state index < -0.39 is 11.9 Å². The van der Waals surface area contributed by atoms with Crippen molar-refractivity contribution < 1.29 is 19.4 Å². The minimum atomic E-state index is -0.600. The van der Waals surface area contributed by atoms with E-state index in [9.17, 15) is 9.59 Å². The van der Waals surface area contributed by atoms with E-state index in [-0.39, 0.29) is 5.92 Å². The standard InChI is InChI=1S/C12H22O4/c1-4-6-7-9-11(8-5-2)12(14)16-15-10(3)13/h11H,4-9H2,1-3H3. The highest BCUT2D eigenvalue weighted by Crippen LogP contribution is 2.17. The van der Waals surface area contributed by atoms with Crippen LogP contribution in [0.3, 0.4) is 0 Å². The maximum Gasteiger partial charge on any atom is 0.358 e. The van der Waals surface area contributed by atoms with Gasteiger partial charge in [-0.25, -0.2) is 19.4 Å². The third-order valence-electron chi connectivity index (χ3n) is 2.37. The van der Waals surface area contributed by atoms with E-state index in [0.29, 0.717) is 0 Å². The first-order valence-corrected chi connectivity index (χ1v) is 6.00. The highest BCUT2D eigenvalue weighted by Gasteiger charge is 2.20. The molecule has 0 spiro atoms. The monoisotopic (exact) mass is 230 g/mol. The van der Waals surface area contributed by atoms with Crippen LogP contribution in [0.4, 0.5) is 0 Å². The second-order valence-electron chi connectivity index (χ2n) is 3.96. The summed E-state index contributed by atoms with van der Waals surface area (Å²) >= 11 is 0. The van der Waals surface area contributed by atoms with Crippen molar-refractivity contribution in [2.24, 2.45) is 5.92 Å². The predicted octanol–water partition coefficient (Wildman–Crippen LogP) is 3.00. The Kier molecular flexibility index (Phi) is 8.58. The number of rotatable bonds is 7. The van der Waals surface area contributed by atoms with Crippen molar-refractivity contribution in [2.45, 2.75) is 59.3 Å². The van der Waals surface area contributed by atoms with Gasteiger partial charge in [0.05, 0.1) is 5.92 Å². The van der Waals surface area contributed by atoms with Gasteiger partial charge in [0.25, 0.3) is 0 Å². The first kappa shape index (κ1) is 14.9. The summed E-state index contributed by atoms with van der Waals surface area (Å²) in [5.74, 6) is -1.17. The van der Waals surface area contributed by atoms with E-state index in [1.54, 1.807) is 0 Å². The number of unbranched alkanes of at least 4 members (excludes halogenated alkanes) is 2. The van der Waals surface area contributed by atoms with Crippen LogP contribution in [0, 0.1) is 5.92 Å². The van der Waals surface area contributed by atoms with Crippen LogP contribution in [0.2, 0.25) is 0 Å². The molecule has 0 N–H and O–H groups in total. The molecule has 0 aliphatic heterocycles. The molecule has 0 saturated heterocycles. The molecule has 0 aliphatic rings. The molecule has 4 nitrogen and oxygen atoms in total. The van der Waals surface area contributed by atoms with Crippen LogP contribution >= 0.6 is 0 Å². The summed E-state index contributed by atoms with van der Waals surface area (Å²) in [4.78, 5) is 30.7. The van der Waals surface area contributed by atoms with Gasteiger partial charge in [-0.2, -0.15) is 0 Å². The van der Waals surface area contributed by atoms with Crippen molar-refractivity contribution in [3.63, 3.8) is 0 Å². The molecule has 0 rings (SSSR count). The van der Waals surface area contributed by atoms with Crippen molar-refractivity contribution in [2.75, 3.05) is 0 Å². The number of hydrogen-bond acceptors (Lipinski definition) is 4. The molecule has 0 aromatic heterocycles. The molecule has 1 atom stereocenters. The minimum absolute atomic E-state index is 0.143. The normalized spacial score (nSPS) is 11.9. The predicted molar refractivity (Wildman–Crippen MR) is 60.4 cm³/mol. The van der Waals surface area contributed by atoms with Gasteiger partial charge in [-0.15, -0.1) is 0 Å². The van der Waals surface area contributed by atoms with Gasteiger partial charge in [0.15, 0.2) is 0 Å². The average Bonchev–Trinajstić information content (AvgIpc) is 2.25. The molecule has 0 bridgehead atoms. The molecule has 4 heteroatoms. The summed E-state index contributed by atoms with van der Waals surface area (Å²) in [6.07, 6.45) is 5.76. The molecule has 0 aliphatic carbocycles. The van der Waals surface area contributed by atoms with Crippen molar-refractivity contribution in [1.29, 1.82) is 0 Å². The van der Waals surface area contributed by atoms with Gasteiger partial charge in [-0.1, -0.05) is 39.5 Å². The van der Waals surface area contributed by atoms with Gasteiger partial charge in [0.2, 0.25) is 0 Å². The summed E-state index contributed by atoms with van der Waals surface area (Å²) in [7, 11) is 0. The third-order valence-corrected chi connectivity index (χ3v) is 2.37. The Morgan fingerprint density at radius 2 is 1.69 bits per heavy atom. The van der Waals surface area contributed by atoms with Gasteiger partial charge < -0.3 is 0 Å². The Hall–Kier alpha value is -1.06. The number of carbonyl (C=O) groups excluding carboxylic acids is 2. The van der Waals surface area contributed by atoms with Crippen LogP contribution in [0.25, 0.3) is 0 Å². The van der Waals surface area contributed by atoms with E-state index >= 15 is 0 Å². The van der Waals surface area contributed by atoms with Crippen LogP contribution in [-0.4, -0.2) is 11.9 Å². The Bertz CT molecular complexity index is 213. The van der Waals surface area contributed by atoms with Gasteiger partial charge in [0.1, 0.15) is 0 Å². The summed E-state index contributed by atoms with van der Waals surface area (Å²) in [6.45, 7) is 5.34. The van der Waals surface area contributed by atoms with E-state index in [0.717, 1.165) is 38.5 Å². The number of hydrogen-bond donors (Lipinski definition) is 0. The Labute approximate surface area is 97.2 Å². The molecule has 0 fully saturated rings. The zero-order chi connectivity index (χ0) is 12.4. The van der Waals surface area contributed by atoms with Crippen LogP contribution in [-0.2, 0) is 19.4 Å². The maximum absolute atomic E-state index is 11.5. The summed E-state index contributed by atoms with van der Waals surface area (Å²) < 4.78 is 0. The van der Waals surface area contributed by atoms with Crippen LogP contribution in [0.5, 0.6) is 0 Å². The van der Waals surface area contributed by atoms with Crippen LogP contribution in [0.1, 0.15) is 59.3 Å². The molecule has 94 valence electrons. The van der Waals surface area contributed by atoms with Crippen molar-refractivity contribution in [3.8, 4) is 0 Å². The lowest BCUT2D eigenvalue weighted by Gasteiger charge is -2.12. The second kappa shape index (κ2) is 9.19. The van der Waals surface area contributed by atoms with E-state index in [1.807, 2.05) is 6.92 Å². The SMILES string of the molecule is CCCCCC(CCC)C(=O)OOC(C)=O. The highest BCUT2D eigenvalue weighted by molar-refractivity contribution is 5.73. The third kappa shape index (κ3) is 7.26. The first-order chi connectivity index (χ1) is 7.61. The van der Waals surface area contributed by atoms with Gasteiger partial charge >= 0.3 is 11.9 Å². The largest absolute Gasteiger partial charge is 0.358 e. The molecule has 1 unspecified atom stereocenters. The highest BCUT2D eigenvalue weighted by atomic mass is 17.2. The molecule has 0 aromatic carbocycles. The molecule has 0 saturated carbocycles. The fourth-order valence-electron chi connectivity index (χ4n) is 1.54. The van der Waals surface area contributed by atoms with Gasteiger partial charge in [0, 0.05) is 6.92 Å². The Morgan fingerprint density at radius 1 is 1.00 bits per heavy atom. The minimum Gasteiger partial charge on any atom is -0.248 e. The average molecular weight is 230 g/mol. The smallest absolute Gasteiger partial charge is 0.248 e. The Balaban J connectivity index is 3.96. The van der Waals surface area contributed by atoms with E-state index in [4.69, 9.17) is 0 Å². The zero-order valence-electron chi connectivity index (χ0n) is 10.5. The topological polar surface area (TPSA) is 52.6 Å². The van der Waals surface area contributed by atoms with Crippen LogP contribution < -0.4 is 0 Å². The van der Waals surface area contributed by atoms with Gasteiger partial charge in [-0.3, -0.25) is 0 Å². The molecular formula is C12H22O4. The molecule has 0 aromatic rings. The van der Waals surface area contributed by atoms with E-state index in [1.165, 1.54) is 6.92 Å². The first-order valence-electron chi connectivity index (χ1n) is 6.00. The second-order valence-corrected chi connectivity index (χ2v) is 3.96. The van der Waals surface area contributed by atoms with Crippen molar-refractivity contribution >= 4 is 11.9 Å². The summed E-state index contributed by atoms with van der Waals surface area (Å²) in [6, 6.07) is 0. The summed E-state index contributed by atoms with van der Waals surface area (Å²) in [5.41, 5.74) is 0. The summed E-state index contributed by atoms with van der Waals surface area (Å²) in [5, 5.41) is 0. The lowest BCUT2D eigenvalue weighted by molar-refractivity contribution is -0.260. The maximum atomic E-state index is 11.5. The number of carbonyl (C=O) groups is 2. The fraction of sp³-hybridized carbons (Fsp3) is 0.833. The molecule has 0 radical (unpaired) electrons. The molecule has 16 heavy (non-hydrogen) atoms. The molecule has 0 heterocycles. The van der Waals surface area contributed by atoms with E-state index in [2.05, 4.69) is 16.7 Å². The Morgan fingerprint density at radius 3 is 2.19 bits per heavy atom. The zero-order valence-corrected chi connectivity index (χ0v) is 10.5. The lowest BCUT2D eigenvalue weighted by atomic mass is 9.97. The van der Waals surface area contributed by atoms with Crippen LogP contribution in [0.15, 0.2) is 0 Å². The lowest BCUT2D eigenvalue weighted by Crippen LogP contribution is -2.19. The van der Waals surface area contributed by atoms with Crippen molar-refractivity contribution in [1.82, 2.24) is 0 Å². The van der Waals surface area contributed by atoms with Gasteiger partial charge in [-0.05, 0) is 12.8 Å². The molecule has 0 amide bonds. The quantitative estimate of drug-likeness (QED) is 0.383. The fourth-order valence-corrected chi connectivity index (χ4v) is 1.54. The van der Waals surface area contributed by atoms with Crippen molar-refractivity contribution in [3.05, 3.63) is 0 Å².